The molecule has 8 rings (SSSR count). The summed E-state index contributed by atoms with van der Waals surface area (Å²) in [6.07, 6.45) is 5.62. The van der Waals surface area contributed by atoms with E-state index in [1.165, 1.54) is 7.11 Å². The van der Waals surface area contributed by atoms with Crippen LogP contribution in [0.3, 0.4) is 0 Å². The smallest absolute Gasteiger partial charge is 0.355 e. The number of benzene rings is 3. The first-order valence-electron chi connectivity index (χ1n) is 15.4. The highest BCUT2D eigenvalue weighted by Crippen LogP contribution is 2.68. The van der Waals surface area contributed by atoms with E-state index in [9.17, 15) is 19.5 Å². The lowest BCUT2D eigenvalue weighted by Crippen LogP contribution is -2.37. The van der Waals surface area contributed by atoms with Gasteiger partial charge >= 0.3 is 5.97 Å². The number of fused-ring (bicyclic) bond motifs is 3. The molecular weight excluding hydrogens is 576 g/mol. The van der Waals surface area contributed by atoms with Crippen molar-refractivity contribution in [3.8, 4) is 5.69 Å². The molecule has 0 radical (unpaired) electrons. The molecule has 3 saturated carbocycles. The van der Waals surface area contributed by atoms with Crippen LogP contribution < -0.4 is 5.43 Å². The van der Waals surface area contributed by atoms with Gasteiger partial charge in [0.05, 0.1) is 29.8 Å². The zero-order chi connectivity index (χ0) is 30.4. The van der Waals surface area contributed by atoms with Crippen molar-refractivity contribution >= 4 is 34.4 Å². The minimum atomic E-state index is -0.623. The van der Waals surface area contributed by atoms with Crippen molar-refractivity contribution in [1.82, 2.24) is 9.47 Å². The van der Waals surface area contributed by atoms with Gasteiger partial charge < -0.3 is 19.3 Å². The number of para-hydroxylation sites is 1. The lowest BCUT2D eigenvalue weighted by atomic mass is 9.76. The van der Waals surface area contributed by atoms with Gasteiger partial charge in [0, 0.05) is 33.6 Å². The summed E-state index contributed by atoms with van der Waals surface area (Å²) in [5.41, 5.74) is 2.20. The van der Waals surface area contributed by atoms with E-state index in [4.69, 9.17) is 16.3 Å². The largest absolute Gasteiger partial charge is 0.464 e. The van der Waals surface area contributed by atoms with E-state index in [2.05, 4.69) is 4.90 Å². The summed E-state index contributed by atoms with van der Waals surface area (Å²) in [4.78, 5) is 43.2. The minimum absolute atomic E-state index is 0.0452. The monoisotopic (exact) mass is 608 g/mol. The molecule has 1 aromatic heterocycles. The number of methoxy groups -OCH3 is 1. The predicted molar refractivity (Wildman–Crippen MR) is 167 cm³/mol. The van der Waals surface area contributed by atoms with E-state index in [-0.39, 0.29) is 35.0 Å². The summed E-state index contributed by atoms with van der Waals surface area (Å²) in [6.45, 7) is 0. The van der Waals surface area contributed by atoms with Crippen molar-refractivity contribution in [2.24, 2.45) is 11.8 Å². The standard InChI is InChI=1S/C36H33ClN2O5/c1-44-34(42)31-28(32(40)27-12-11-25(37)17-29(27)38(31)26-5-3-2-4-6-26)16-21-7-9-23(10-8-21)33(41)39-30-13-14-35(43)18-22-15-24(20-35)36(30,39)19-22/h2-12,17,22,24,30,43H,13-16,18-20H2,1H3/t22-,24?,30+,35-,36+,39?/m0/s1. The third-order valence-electron chi connectivity index (χ3n) is 10.8. The van der Waals surface area contributed by atoms with Gasteiger partial charge in [0.2, 0.25) is 0 Å². The number of rotatable bonds is 5. The molecule has 44 heavy (non-hydrogen) atoms. The van der Waals surface area contributed by atoms with Crippen LogP contribution in [0.1, 0.15) is 70.5 Å². The molecule has 1 amide bonds. The molecule has 1 N–H and O–H groups in total. The highest BCUT2D eigenvalue weighted by Gasteiger charge is 2.74. The van der Waals surface area contributed by atoms with E-state index in [0.717, 1.165) is 44.1 Å². The van der Waals surface area contributed by atoms with Gasteiger partial charge in [-0.25, -0.2) is 4.79 Å². The van der Waals surface area contributed by atoms with Crippen LogP contribution in [-0.4, -0.2) is 50.7 Å². The molecular formula is C36H33ClN2O5. The van der Waals surface area contributed by atoms with Crippen molar-refractivity contribution < 1.29 is 19.4 Å². The molecule has 1 saturated heterocycles. The van der Waals surface area contributed by atoms with Crippen molar-refractivity contribution in [1.29, 1.82) is 0 Å². The lowest BCUT2D eigenvalue weighted by Gasteiger charge is -2.36. The van der Waals surface area contributed by atoms with Gasteiger partial charge in [0.15, 0.2) is 5.43 Å². The van der Waals surface area contributed by atoms with Gasteiger partial charge in [0.1, 0.15) is 5.69 Å². The van der Waals surface area contributed by atoms with Gasteiger partial charge in [-0.05, 0) is 98.4 Å². The summed E-state index contributed by atoms with van der Waals surface area (Å²) in [6, 6.07) is 22.0. The van der Waals surface area contributed by atoms with E-state index < -0.39 is 11.6 Å². The molecule has 1 unspecified atom stereocenters. The molecule has 4 aromatic rings. The van der Waals surface area contributed by atoms with E-state index >= 15 is 0 Å². The van der Waals surface area contributed by atoms with Crippen LogP contribution in [-0.2, 0) is 11.2 Å². The Balaban J connectivity index is 1.15. The fourth-order valence-corrected chi connectivity index (χ4v) is 9.25. The number of esters is 1. The highest BCUT2D eigenvalue weighted by molar-refractivity contribution is 6.31. The van der Waals surface area contributed by atoms with Crippen LogP contribution in [0.15, 0.2) is 77.6 Å². The number of amides is 1. The summed E-state index contributed by atoms with van der Waals surface area (Å²) < 4.78 is 6.94. The highest BCUT2D eigenvalue weighted by atomic mass is 35.5. The Morgan fingerprint density at radius 3 is 2.55 bits per heavy atom. The maximum Gasteiger partial charge on any atom is 0.355 e. The summed E-state index contributed by atoms with van der Waals surface area (Å²) in [5.74, 6) is 0.309. The SMILES string of the molecule is COC(=O)c1c(Cc2ccc(C(=O)N3[C@@H]4CC[C@@]5(O)CC6C[C@@H](C5)C[C@@]643)cc2)c(=O)c2ccc(Cl)cc2n1-c1ccccc1. The number of ether oxygens (including phenoxy) is 1. The van der Waals surface area contributed by atoms with Crippen LogP contribution in [0.4, 0.5) is 0 Å². The first kappa shape index (κ1) is 27.6. The third-order valence-corrected chi connectivity index (χ3v) is 11.0. The zero-order valence-corrected chi connectivity index (χ0v) is 25.2. The van der Waals surface area contributed by atoms with Crippen LogP contribution in [0.5, 0.6) is 0 Å². The number of hydrogen-bond donors (Lipinski definition) is 1. The minimum Gasteiger partial charge on any atom is -0.464 e. The Kier molecular flexibility index (Phi) is 6.13. The predicted octanol–water partition coefficient (Wildman–Crippen LogP) is 5.93. The van der Waals surface area contributed by atoms with Crippen LogP contribution >= 0.6 is 11.6 Å². The molecule has 3 aliphatic carbocycles. The van der Waals surface area contributed by atoms with Crippen molar-refractivity contribution in [3.63, 3.8) is 0 Å². The van der Waals surface area contributed by atoms with Crippen LogP contribution in [0.2, 0.25) is 5.02 Å². The van der Waals surface area contributed by atoms with Gasteiger partial charge in [0.25, 0.3) is 5.91 Å². The van der Waals surface area contributed by atoms with Crippen molar-refractivity contribution in [2.75, 3.05) is 7.11 Å². The summed E-state index contributed by atoms with van der Waals surface area (Å²) in [7, 11) is 1.31. The fraction of sp³-hybridized carbons (Fsp3) is 0.361. The van der Waals surface area contributed by atoms with E-state index in [1.807, 2.05) is 54.6 Å². The lowest BCUT2D eigenvalue weighted by molar-refractivity contribution is -0.0286. The van der Waals surface area contributed by atoms with Gasteiger partial charge in [-0.3, -0.25) is 9.59 Å². The number of aromatic nitrogens is 1. The van der Waals surface area contributed by atoms with Crippen molar-refractivity contribution in [3.05, 3.63) is 110 Å². The number of carbonyl (C=O) groups is 2. The molecule has 224 valence electrons. The number of aliphatic hydroxyl groups is 1. The third kappa shape index (κ3) is 4.02. The molecule has 7 nitrogen and oxygen atoms in total. The summed E-state index contributed by atoms with van der Waals surface area (Å²) >= 11 is 6.35. The van der Waals surface area contributed by atoms with E-state index in [0.29, 0.717) is 44.6 Å². The zero-order valence-electron chi connectivity index (χ0n) is 24.5. The number of hydrogen-bond acceptors (Lipinski definition) is 5. The molecule has 3 bridgehead atoms. The molecule has 1 spiro atoms. The van der Waals surface area contributed by atoms with Gasteiger partial charge in [-0.2, -0.15) is 0 Å². The fourth-order valence-electron chi connectivity index (χ4n) is 9.08. The first-order chi connectivity index (χ1) is 21.2. The van der Waals surface area contributed by atoms with E-state index in [1.54, 1.807) is 22.8 Å². The molecule has 8 heteroatoms. The van der Waals surface area contributed by atoms with Gasteiger partial charge in [-0.15, -0.1) is 0 Å². The maximum absolute atomic E-state index is 13.9. The summed E-state index contributed by atoms with van der Waals surface area (Å²) in [5, 5.41) is 12.0. The Bertz CT molecular complexity index is 1900. The number of pyridine rings is 1. The second-order valence-electron chi connectivity index (χ2n) is 13.2. The molecule has 3 aromatic carbocycles. The molecule has 4 fully saturated rings. The maximum atomic E-state index is 13.9. The average molecular weight is 609 g/mol. The van der Waals surface area contributed by atoms with Gasteiger partial charge in [-0.1, -0.05) is 41.9 Å². The average Bonchev–Trinajstić information content (AvgIpc) is 3.59. The quantitative estimate of drug-likeness (QED) is 0.224. The molecule has 2 heterocycles. The molecule has 4 aliphatic rings. The number of nitrogens with zero attached hydrogens (tertiary/aromatic N) is 2. The normalized spacial score (nSPS) is 28.1. The second-order valence-corrected chi connectivity index (χ2v) is 13.6. The Labute approximate surface area is 260 Å². The topological polar surface area (TPSA) is 88.6 Å². The Hall–Kier alpha value is -3.94. The number of carbonyl (C=O) groups excluding carboxylic acids is 2. The Morgan fingerprint density at radius 1 is 1.02 bits per heavy atom. The Morgan fingerprint density at radius 2 is 1.80 bits per heavy atom. The first-order valence-corrected chi connectivity index (χ1v) is 15.8. The van der Waals surface area contributed by atoms with Crippen LogP contribution in [0, 0.1) is 11.8 Å². The molecule has 5 atom stereocenters. The number of halogens is 1. The number of likely N-dealkylation sites (tertiary alicyclic amines) is 1. The molecule has 1 aliphatic heterocycles. The van der Waals surface area contributed by atoms with Crippen molar-refractivity contribution in [2.45, 2.75) is 62.1 Å². The van der Waals surface area contributed by atoms with Crippen LogP contribution in [0.25, 0.3) is 16.6 Å². The second kappa shape index (κ2) is 9.78.